The summed E-state index contributed by atoms with van der Waals surface area (Å²) in [6.07, 6.45) is -3.77. The van der Waals surface area contributed by atoms with Gasteiger partial charge in [-0.2, -0.15) is 13.2 Å². The maximum absolute atomic E-state index is 11.9. The van der Waals surface area contributed by atoms with Crippen molar-refractivity contribution in [1.29, 1.82) is 0 Å². The predicted molar refractivity (Wildman–Crippen MR) is 44.7 cm³/mol. The van der Waals surface area contributed by atoms with Crippen LogP contribution in [0.5, 0.6) is 0 Å². The normalized spacial score (nSPS) is 19.1. The first kappa shape index (κ1) is 11.3. The van der Waals surface area contributed by atoms with Crippen molar-refractivity contribution in [3.05, 3.63) is 0 Å². The highest BCUT2D eigenvalue weighted by Crippen LogP contribution is 2.20. The van der Waals surface area contributed by atoms with E-state index in [1.807, 2.05) is 0 Å². The van der Waals surface area contributed by atoms with E-state index in [0.717, 1.165) is 0 Å². The number of hydrogen-bond acceptors (Lipinski definition) is 2. The van der Waals surface area contributed by atoms with Gasteiger partial charge >= 0.3 is 6.18 Å². The second-order valence-electron chi connectivity index (χ2n) is 3.43. The lowest BCUT2D eigenvalue weighted by Crippen LogP contribution is -2.60. The number of nitrogens with zero attached hydrogens (tertiary/aromatic N) is 1. The molecule has 6 heteroatoms. The van der Waals surface area contributed by atoms with E-state index in [1.54, 1.807) is 6.92 Å². The van der Waals surface area contributed by atoms with Crippen molar-refractivity contribution in [2.45, 2.75) is 25.6 Å². The molecule has 1 aliphatic heterocycles. The average molecular weight is 210 g/mol. The molecule has 0 aromatic heterocycles. The minimum Gasteiger partial charge on any atom is -0.351 e. The summed E-state index contributed by atoms with van der Waals surface area (Å²) >= 11 is 0. The molecule has 0 atom stereocenters. The van der Waals surface area contributed by atoms with Crippen LogP contribution in [0.4, 0.5) is 13.2 Å². The molecule has 1 amide bonds. The first-order valence-electron chi connectivity index (χ1n) is 4.49. The highest BCUT2D eigenvalue weighted by molar-refractivity contribution is 5.76. The maximum Gasteiger partial charge on any atom is 0.401 e. The largest absolute Gasteiger partial charge is 0.401 e. The molecule has 0 bridgehead atoms. The Bertz CT molecular complexity index is 211. The van der Waals surface area contributed by atoms with E-state index in [1.165, 1.54) is 4.90 Å². The fourth-order valence-corrected chi connectivity index (χ4v) is 1.37. The maximum atomic E-state index is 11.9. The van der Waals surface area contributed by atoms with E-state index in [2.05, 4.69) is 5.32 Å². The van der Waals surface area contributed by atoms with E-state index in [0.29, 0.717) is 19.5 Å². The number of halogens is 3. The monoisotopic (exact) mass is 210 g/mol. The molecule has 82 valence electrons. The molecule has 1 heterocycles. The molecule has 0 aromatic carbocycles. The summed E-state index contributed by atoms with van der Waals surface area (Å²) in [5.41, 5.74) is 0. The van der Waals surface area contributed by atoms with Gasteiger partial charge in [0.05, 0.1) is 12.6 Å². The Labute approximate surface area is 80.3 Å². The lowest BCUT2D eigenvalue weighted by molar-refractivity contribution is -0.156. The van der Waals surface area contributed by atoms with Crippen molar-refractivity contribution in [2.24, 2.45) is 0 Å². The third-order valence-electron chi connectivity index (χ3n) is 2.05. The lowest BCUT2D eigenvalue weighted by atomic mass is 10.1. The summed E-state index contributed by atoms with van der Waals surface area (Å²) in [6, 6.07) is -0.107. The van der Waals surface area contributed by atoms with Crippen LogP contribution < -0.4 is 5.32 Å². The zero-order chi connectivity index (χ0) is 10.8. The Balaban J connectivity index is 2.15. The first-order valence-corrected chi connectivity index (χ1v) is 4.49. The number of nitrogens with one attached hydrogen (secondary N) is 1. The zero-order valence-corrected chi connectivity index (χ0v) is 7.90. The number of carbonyl (C=O) groups excluding carboxylic acids is 1. The summed E-state index contributed by atoms with van der Waals surface area (Å²) in [5, 5.41) is 2.63. The molecule has 0 saturated carbocycles. The Morgan fingerprint density at radius 2 is 2.07 bits per heavy atom. The van der Waals surface area contributed by atoms with Crippen molar-refractivity contribution in [2.75, 3.05) is 19.6 Å². The fourth-order valence-electron chi connectivity index (χ4n) is 1.37. The van der Waals surface area contributed by atoms with Gasteiger partial charge in [-0.15, -0.1) is 0 Å². The van der Waals surface area contributed by atoms with Crippen molar-refractivity contribution in [3.8, 4) is 0 Å². The molecular weight excluding hydrogens is 197 g/mol. The van der Waals surface area contributed by atoms with Crippen molar-refractivity contribution < 1.29 is 18.0 Å². The van der Waals surface area contributed by atoms with Gasteiger partial charge in [-0.25, -0.2) is 0 Å². The molecule has 1 saturated heterocycles. The average Bonchev–Trinajstić information content (AvgIpc) is 1.97. The summed E-state index contributed by atoms with van der Waals surface area (Å²) in [7, 11) is 0. The number of likely N-dealkylation sites (tertiary alicyclic amines) is 1. The van der Waals surface area contributed by atoms with Gasteiger partial charge in [-0.3, -0.25) is 9.69 Å². The molecule has 3 nitrogen and oxygen atoms in total. The molecule has 0 aliphatic carbocycles. The predicted octanol–water partition coefficient (Wildman–Crippen LogP) is 0.759. The van der Waals surface area contributed by atoms with Crippen LogP contribution in [0.2, 0.25) is 0 Å². The number of alkyl halides is 3. The topological polar surface area (TPSA) is 32.3 Å². The number of hydrogen-bond donors (Lipinski definition) is 1. The highest BCUT2D eigenvalue weighted by atomic mass is 19.4. The van der Waals surface area contributed by atoms with E-state index in [9.17, 15) is 18.0 Å². The SMILES string of the molecule is CCC(=O)NC1CN(CC(F)(F)F)C1. The van der Waals surface area contributed by atoms with Crippen molar-refractivity contribution in [1.82, 2.24) is 10.2 Å². The van der Waals surface area contributed by atoms with Crippen LogP contribution in [0.15, 0.2) is 0 Å². The summed E-state index contributed by atoms with van der Waals surface area (Å²) < 4.78 is 35.6. The van der Waals surface area contributed by atoms with Gasteiger partial charge in [-0.1, -0.05) is 6.92 Å². The van der Waals surface area contributed by atoms with Gasteiger partial charge in [-0.05, 0) is 0 Å². The molecule has 0 aromatic rings. The Morgan fingerprint density at radius 3 is 2.50 bits per heavy atom. The van der Waals surface area contributed by atoms with Crippen molar-refractivity contribution in [3.63, 3.8) is 0 Å². The molecule has 1 aliphatic rings. The molecule has 1 N–H and O–H groups in total. The van der Waals surface area contributed by atoms with Gasteiger partial charge in [0.15, 0.2) is 0 Å². The molecular formula is C8H13F3N2O. The second kappa shape index (κ2) is 4.16. The summed E-state index contributed by atoms with van der Waals surface area (Å²) in [5.74, 6) is -0.110. The standard InChI is InChI=1S/C8H13F3N2O/c1-2-7(14)12-6-3-13(4-6)5-8(9,10)11/h6H,2-5H2,1H3,(H,12,14). The molecule has 1 rings (SSSR count). The van der Waals surface area contributed by atoms with Crippen LogP contribution in [0.3, 0.4) is 0 Å². The molecule has 0 radical (unpaired) electrons. The third-order valence-corrected chi connectivity index (χ3v) is 2.05. The minimum atomic E-state index is -4.14. The Kier molecular flexibility index (Phi) is 3.36. The number of amides is 1. The highest BCUT2D eigenvalue weighted by Gasteiger charge is 2.37. The lowest BCUT2D eigenvalue weighted by Gasteiger charge is -2.39. The smallest absolute Gasteiger partial charge is 0.351 e. The molecule has 0 unspecified atom stereocenters. The van der Waals surface area contributed by atoms with Crippen LogP contribution in [-0.4, -0.2) is 42.7 Å². The van der Waals surface area contributed by atoms with Crippen LogP contribution in [0.1, 0.15) is 13.3 Å². The van der Waals surface area contributed by atoms with Gasteiger partial charge in [0, 0.05) is 19.5 Å². The molecule has 14 heavy (non-hydrogen) atoms. The first-order chi connectivity index (χ1) is 6.40. The Hall–Kier alpha value is -0.780. The van der Waals surface area contributed by atoms with Crippen LogP contribution in [0.25, 0.3) is 0 Å². The second-order valence-corrected chi connectivity index (χ2v) is 3.43. The van der Waals surface area contributed by atoms with Crippen LogP contribution in [0, 0.1) is 0 Å². The molecule has 1 fully saturated rings. The summed E-state index contributed by atoms with van der Waals surface area (Å²) in [4.78, 5) is 12.1. The zero-order valence-electron chi connectivity index (χ0n) is 7.90. The Morgan fingerprint density at radius 1 is 1.50 bits per heavy atom. The summed E-state index contributed by atoms with van der Waals surface area (Å²) in [6.45, 7) is 1.42. The van der Waals surface area contributed by atoms with E-state index in [4.69, 9.17) is 0 Å². The quantitative estimate of drug-likeness (QED) is 0.745. The fraction of sp³-hybridized carbons (Fsp3) is 0.875. The van der Waals surface area contributed by atoms with Crippen molar-refractivity contribution >= 4 is 5.91 Å². The van der Waals surface area contributed by atoms with E-state index < -0.39 is 12.7 Å². The van der Waals surface area contributed by atoms with Crippen LogP contribution in [-0.2, 0) is 4.79 Å². The third kappa shape index (κ3) is 3.53. The van der Waals surface area contributed by atoms with Gasteiger partial charge in [0.25, 0.3) is 0 Å². The van der Waals surface area contributed by atoms with Gasteiger partial charge in [0.2, 0.25) is 5.91 Å². The van der Waals surface area contributed by atoms with Gasteiger partial charge < -0.3 is 5.32 Å². The van der Waals surface area contributed by atoms with Crippen LogP contribution >= 0.6 is 0 Å². The molecule has 0 spiro atoms. The van der Waals surface area contributed by atoms with Gasteiger partial charge in [0.1, 0.15) is 0 Å². The number of rotatable bonds is 3. The minimum absolute atomic E-state index is 0.107. The van der Waals surface area contributed by atoms with E-state index in [-0.39, 0.29) is 11.9 Å². The number of carbonyl (C=O) groups is 1. The van der Waals surface area contributed by atoms with E-state index >= 15 is 0 Å².